The number of rotatable bonds is 2. The average molecular weight is 313 g/mol. The molecule has 0 saturated heterocycles. The summed E-state index contributed by atoms with van der Waals surface area (Å²) in [5, 5.41) is 11.5. The molecule has 1 aromatic rings. The first-order valence-corrected chi connectivity index (χ1v) is 7.51. The fourth-order valence-electron chi connectivity index (χ4n) is 2.42. The van der Waals surface area contributed by atoms with E-state index in [0.29, 0.717) is 13.1 Å². The van der Waals surface area contributed by atoms with Crippen LogP contribution in [-0.2, 0) is 6.54 Å². The molecule has 0 amide bonds. The second-order valence-corrected chi connectivity index (χ2v) is 6.54. The van der Waals surface area contributed by atoms with Crippen LogP contribution in [0.1, 0.15) is 12.5 Å². The topological polar surface area (TPSA) is 33.2 Å². The molecule has 0 bridgehead atoms. The van der Waals surface area contributed by atoms with E-state index in [1.807, 2.05) is 32.2 Å². The van der Waals surface area contributed by atoms with Crippen LogP contribution in [0.2, 0.25) is 0 Å². The predicted octanol–water partition coefficient (Wildman–Crippen LogP) is 2.67. The van der Waals surface area contributed by atoms with E-state index >= 15 is 0 Å². The minimum Gasteiger partial charge on any atom is -0.285 e. The Hall–Kier alpha value is -1.08. The van der Waals surface area contributed by atoms with Crippen LogP contribution in [0.4, 0.5) is 0 Å². The summed E-state index contributed by atoms with van der Waals surface area (Å²) >= 11 is 7.86. The Morgan fingerprint density at radius 3 is 2.75 bits per heavy atom. The first-order valence-electron chi connectivity index (χ1n) is 6.45. The third kappa shape index (κ3) is 2.33. The minimum absolute atomic E-state index is 0.257. The molecule has 1 atom stereocenters. The van der Waals surface area contributed by atoms with Gasteiger partial charge in [0.25, 0.3) is 0 Å². The van der Waals surface area contributed by atoms with E-state index in [0.717, 1.165) is 11.5 Å². The molecule has 0 fully saturated rings. The number of halogens is 1. The van der Waals surface area contributed by atoms with Gasteiger partial charge in [-0.3, -0.25) is 13.9 Å². The molecule has 1 unspecified atom stereocenters. The third-order valence-corrected chi connectivity index (χ3v) is 4.82. The summed E-state index contributed by atoms with van der Waals surface area (Å²) in [6, 6.07) is 10.2. The molecular formula is C13H17ClN4OS. The van der Waals surface area contributed by atoms with Crippen molar-refractivity contribution in [3.8, 4) is 0 Å². The standard InChI is InChI=1S/C13H17ClN4OS/c1-10-17(14)12-9-15(2)20-16(13(12)18(10)19)8-11-6-4-3-5-7-11/h3-7,10,19H,8-9H2,1-2H3. The van der Waals surface area contributed by atoms with Gasteiger partial charge < -0.3 is 0 Å². The van der Waals surface area contributed by atoms with Crippen molar-refractivity contribution in [2.75, 3.05) is 13.6 Å². The van der Waals surface area contributed by atoms with E-state index < -0.39 is 0 Å². The van der Waals surface area contributed by atoms with Gasteiger partial charge in [-0.15, -0.1) is 0 Å². The maximum absolute atomic E-state index is 10.3. The lowest BCUT2D eigenvalue weighted by molar-refractivity contribution is -0.108. The van der Waals surface area contributed by atoms with Crippen molar-refractivity contribution in [1.82, 2.24) is 18.1 Å². The Kier molecular flexibility index (Phi) is 3.72. The lowest BCUT2D eigenvalue weighted by Gasteiger charge is -2.35. The van der Waals surface area contributed by atoms with Crippen molar-refractivity contribution in [3.63, 3.8) is 0 Å². The summed E-state index contributed by atoms with van der Waals surface area (Å²) in [6.07, 6.45) is -0.257. The summed E-state index contributed by atoms with van der Waals surface area (Å²) in [5.41, 5.74) is 2.12. The molecule has 108 valence electrons. The Labute approximate surface area is 128 Å². The Balaban J connectivity index is 1.90. The van der Waals surface area contributed by atoms with Gasteiger partial charge in [-0.25, -0.2) is 9.37 Å². The highest BCUT2D eigenvalue weighted by molar-refractivity contribution is 7.94. The molecule has 0 radical (unpaired) electrons. The molecule has 1 N–H and O–H groups in total. The normalized spacial score (nSPS) is 23.6. The van der Waals surface area contributed by atoms with Crippen LogP contribution in [0.15, 0.2) is 41.8 Å². The van der Waals surface area contributed by atoms with E-state index in [1.54, 1.807) is 16.6 Å². The van der Waals surface area contributed by atoms with Crippen LogP contribution in [0, 0.1) is 0 Å². The zero-order valence-electron chi connectivity index (χ0n) is 11.4. The van der Waals surface area contributed by atoms with E-state index in [4.69, 9.17) is 11.8 Å². The van der Waals surface area contributed by atoms with Crippen molar-refractivity contribution < 1.29 is 5.21 Å². The largest absolute Gasteiger partial charge is 0.285 e. The van der Waals surface area contributed by atoms with Gasteiger partial charge in [0.1, 0.15) is 6.17 Å². The van der Waals surface area contributed by atoms with E-state index in [2.05, 4.69) is 20.7 Å². The molecule has 20 heavy (non-hydrogen) atoms. The molecule has 3 rings (SSSR count). The molecule has 0 aromatic heterocycles. The fraction of sp³-hybridized carbons (Fsp3) is 0.385. The number of hydrogen-bond acceptors (Lipinski definition) is 6. The summed E-state index contributed by atoms with van der Waals surface area (Å²) in [7, 11) is 2.02. The van der Waals surface area contributed by atoms with Gasteiger partial charge in [-0.05, 0) is 19.5 Å². The van der Waals surface area contributed by atoms with Crippen molar-refractivity contribution in [1.29, 1.82) is 0 Å². The first-order chi connectivity index (χ1) is 9.58. The van der Waals surface area contributed by atoms with Crippen molar-refractivity contribution in [2.24, 2.45) is 0 Å². The molecule has 0 aliphatic carbocycles. The number of nitrogens with zero attached hydrogens (tertiary/aromatic N) is 4. The van der Waals surface area contributed by atoms with E-state index in [9.17, 15) is 5.21 Å². The summed E-state index contributed by atoms with van der Waals surface area (Å²) < 4.78 is 5.76. The molecule has 0 saturated carbocycles. The van der Waals surface area contributed by atoms with E-state index in [1.165, 1.54) is 10.6 Å². The molecule has 1 aromatic carbocycles. The minimum atomic E-state index is -0.257. The monoisotopic (exact) mass is 312 g/mol. The molecule has 5 nitrogen and oxygen atoms in total. The molecule has 2 aliphatic heterocycles. The maximum Gasteiger partial charge on any atom is 0.164 e. The SMILES string of the molecule is CC1N(O)C2=C(CN(C)SN2Cc2ccccc2)N1Cl. The van der Waals surface area contributed by atoms with Crippen LogP contribution >= 0.6 is 23.9 Å². The number of likely N-dealkylation sites (N-methyl/N-ethyl adjacent to an activating group) is 1. The van der Waals surface area contributed by atoms with Gasteiger partial charge in [-0.2, -0.15) is 0 Å². The Bertz CT molecular complexity index is 526. The van der Waals surface area contributed by atoms with Crippen LogP contribution < -0.4 is 0 Å². The van der Waals surface area contributed by atoms with Gasteiger partial charge in [-0.1, -0.05) is 30.3 Å². The highest BCUT2D eigenvalue weighted by Gasteiger charge is 2.41. The van der Waals surface area contributed by atoms with Crippen molar-refractivity contribution in [2.45, 2.75) is 19.6 Å². The van der Waals surface area contributed by atoms with Crippen LogP contribution in [0.5, 0.6) is 0 Å². The molecule has 7 heteroatoms. The summed E-state index contributed by atoms with van der Waals surface area (Å²) in [4.78, 5) is 0. The Morgan fingerprint density at radius 2 is 2.05 bits per heavy atom. The average Bonchev–Trinajstić information content (AvgIpc) is 2.65. The van der Waals surface area contributed by atoms with Crippen molar-refractivity contribution >= 4 is 23.9 Å². The number of benzene rings is 1. The predicted molar refractivity (Wildman–Crippen MR) is 80.0 cm³/mol. The van der Waals surface area contributed by atoms with Gasteiger partial charge in [0, 0.05) is 23.9 Å². The number of hydroxylamine groups is 2. The highest BCUT2D eigenvalue weighted by Crippen LogP contribution is 2.40. The van der Waals surface area contributed by atoms with Gasteiger partial charge in [0.05, 0.1) is 18.8 Å². The second kappa shape index (κ2) is 5.37. The zero-order valence-corrected chi connectivity index (χ0v) is 13.0. The first kappa shape index (κ1) is 13.9. The molecular weight excluding hydrogens is 296 g/mol. The summed E-state index contributed by atoms with van der Waals surface area (Å²) in [5.74, 6) is 0.777. The second-order valence-electron chi connectivity index (χ2n) is 4.95. The van der Waals surface area contributed by atoms with Gasteiger partial charge in [0.15, 0.2) is 5.82 Å². The summed E-state index contributed by atoms with van der Waals surface area (Å²) in [6.45, 7) is 3.29. The zero-order chi connectivity index (χ0) is 14.3. The lowest BCUT2D eigenvalue weighted by Crippen LogP contribution is -2.35. The lowest BCUT2D eigenvalue weighted by atomic mass is 10.2. The van der Waals surface area contributed by atoms with Crippen molar-refractivity contribution in [3.05, 3.63) is 47.4 Å². The quantitative estimate of drug-likeness (QED) is 0.668. The van der Waals surface area contributed by atoms with Crippen LogP contribution in [0.25, 0.3) is 0 Å². The smallest absolute Gasteiger partial charge is 0.164 e. The molecule has 0 spiro atoms. The Morgan fingerprint density at radius 1 is 1.35 bits per heavy atom. The third-order valence-electron chi connectivity index (χ3n) is 3.43. The van der Waals surface area contributed by atoms with E-state index in [-0.39, 0.29) is 6.17 Å². The molecule has 2 heterocycles. The molecule has 2 aliphatic rings. The highest BCUT2D eigenvalue weighted by atomic mass is 35.5. The fourth-order valence-corrected chi connectivity index (χ4v) is 3.62. The van der Waals surface area contributed by atoms with Crippen LogP contribution in [0.3, 0.4) is 0 Å². The number of hydrogen-bond donors (Lipinski definition) is 1. The van der Waals surface area contributed by atoms with Gasteiger partial charge in [0.2, 0.25) is 0 Å². The van der Waals surface area contributed by atoms with Crippen LogP contribution in [-0.4, -0.2) is 43.1 Å². The maximum atomic E-state index is 10.3. The van der Waals surface area contributed by atoms with Gasteiger partial charge >= 0.3 is 0 Å².